The number of sulfonamides is 1. The predicted octanol–water partition coefficient (Wildman–Crippen LogP) is 0.670. The van der Waals surface area contributed by atoms with Crippen LogP contribution in [0.2, 0.25) is 0 Å². The molecule has 1 aromatic rings. The summed E-state index contributed by atoms with van der Waals surface area (Å²) in [6, 6.07) is 4.53. The molecule has 6 nitrogen and oxygen atoms in total. The lowest BCUT2D eigenvalue weighted by molar-refractivity contribution is 0.170. The second-order valence-electron chi connectivity index (χ2n) is 4.94. The number of piperidine rings is 1. The number of nitrogen functional groups attached to an aromatic ring is 1. The molecule has 2 rings (SSSR count). The molecule has 0 atom stereocenters. The van der Waals surface area contributed by atoms with Gasteiger partial charge in [0.15, 0.2) is 0 Å². The third-order valence-corrected chi connectivity index (χ3v) is 5.58. The first-order valence-corrected chi connectivity index (χ1v) is 7.97. The Labute approximate surface area is 119 Å². The molecule has 1 aliphatic heterocycles. The number of hydrogen-bond donors (Lipinski definition) is 2. The highest BCUT2D eigenvalue weighted by Gasteiger charge is 2.31. The number of rotatable bonds is 4. The van der Waals surface area contributed by atoms with Crippen molar-refractivity contribution in [2.45, 2.75) is 17.7 Å². The Bertz CT molecular complexity index is 566. The molecular weight excluding hydrogens is 280 g/mol. The fourth-order valence-corrected chi connectivity index (χ4v) is 3.97. The lowest BCUT2D eigenvalue weighted by Gasteiger charge is -2.30. The number of anilines is 1. The van der Waals surface area contributed by atoms with Crippen molar-refractivity contribution in [1.29, 1.82) is 0 Å². The van der Waals surface area contributed by atoms with Gasteiger partial charge in [0.05, 0.1) is 7.11 Å². The summed E-state index contributed by atoms with van der Waals surface area (Å²) in [6.45, 7) is 0.946. The Morgan fingerprint density at radius 3 is 2.60 bits per heavy atom. The number of hydrogen-bond acceptors (Lipinski definition) is 5. The van der Waals surface area contributed by atoms with E-state index in [1.165, 1.54) is 23.5 Å². The van der Waals surface area contributed by atoms with Gasteiger partial charge in [-0.1, -0.05) is 0 Å². The van der Waals surface area contributed by atoms with E-state index in [0.29, 0.717) is 31.6 Å². The minimum absolute atomic E-state index is 0.110. The first-order valence-electron chi connectivity index (χ1n) is 6.53. The molecule has 0 bridgehead atoms. The number of aliphatic hydroxyl groups is 1. The summed E-state index contributed by atoms with van der Waals surface area (Å²) in [5.74, 6) is 0.448. The van der Waals surface area contributed by atoms with Gasteiger partial charge < -0.3 is 15.6 Å². The molecule has 20 heavy (non-hydrogen) atoms. The van der Waals surface area contributed by atoms with Gasteiger partial charge in [-0.2, -0.15) is 4.31 Å². The molecule has 7 heteroatoms. The van der Waals surface area contributed by atoms with Crippen molar-refractivity contribution >= 4 is 15.7 Å². The Balaban J connectivity index is 2.27. The fourth-order valence-electron chi connectivity index (χ4n) is 2.37. The highest BCUT2D eigenvalue weighted by molar-refractivity contribution is 7.89. The van der Waals surface area contributed by atoms with Gasteiger partial charge in [0.1, 0.15) is 10.6 Å². The van der Waals surface area contributed by atoms with E-state index in [0.717, 1.165) is 0 Å². The molecule has 0 radical (unpaired) electrons. The van der Waals surface area contributed by atoms with E-state index in [-0.39, 0.29) is 23.2 Å². The van der Waals surface area contributed by atoms with Crippen LogP contribution < -0.4 is 10.5 Å². The van der Waals surface area contributed by atoms with Crippen LogP contribution in [0.4, 0.5) is 5.69 Å². The summed E-state index contributed by atoms with van der Waals surface area (Å²) in [7, 11) is -2.16. The molecule has 1 aromatic carbocycles. The van der Waals surface area contributed by atoms with Gasteiger partial charge in [0.2, 0.25) is 10.0 Å². The fraction of sp³-hybridized carbons (Fsp3) is 0.538. The number of nitrogens with two attached hydrogens (primary N) is 1. The lowest BCUT2D eigenvalue weighted by atomic mass is 10.00. The van der Waals surface area contributed by atoms with Gasteiger partial charge in [0.25, 0.3) is 0 Å². The summed E-state index contributed by atoms with van der Waals surface area (Å²) in [6.07, 6.45) is 1.35. The quantitative estimate of drug-likeness (QED) is 0.797. The normalized spacial score (nSPS) is 18.1. The van der Waals surface area contributed by atoms with Crippen molar-refractivity contribution in [2.75, 3.05) is 32.5 Å². The minimum Gasteiger partial charge on any atom is -0.495 e. The zero-order valence-electron chi connectivity index (χ0n) is 11.4. The minimum atomic E-state index is -3.58. The van der Waals surface area contributed by atoms with Gasteiger partial charge in [-0.15, -0.1) is 0 Å². The molecule has 0 spiro atoms. The van der Waals surface area contributed by atoms with Gasteiger partial charge in [-0.3, -0.25) is 0 Å². The zero-order valence-corrected chi connectivity index (χ0v) is 12.3. The van der Waals surface area contributed by atoms with Crippen molar-refractivity contribution in [2.24, 2.45) is 5.92 Å². The first-order chi connectivity index (χ1) is 9.48. The van der Waals surface area contributed by atoms with Crippen LogP contribution in [0.1, 0.15) is 12.8 Å². The maximum absolute atomic E-state index is 12.6. The van der Waals surface area contributed by atoms with E-state index in [1.54, 1.807) is 6.07 Å². The number of nitrogens with zero attached hydrogens (tertiary/aromatic N) is 1. The van der Waals surface area contributed by atoms with Crippen molar-refractivity contribution in [1.82, 2.24) is 4.31 Å². The molecule has 112 valence electrons. The number of benzene rings is 1. The van der Waals surface area contributed by atoms with E-state index in [9.17, 15) is 8.42 Å². The molecule has 0 amide bonds. The van der Waals surface area contributed by atoms with E-state index in [2.05, 4.69) is 0 Å². The van der Waals surface area contributed by atoms with Gasteiger partial charge in [0, 0.05) is 31.5 Å². The van der Waals surface area contributed by atoms with Gasteiger partial charge in [-0.25, -0.2) is 8.42 Å². The predicted molar refractivity (Wildman–Crippen MR) is 76.0 cm³/mol. The lowest BCUT2D eigenvalue weighted by Crippen LogP contribution is -2.39. The molecular formula is C13H20N2O4S. The summed E-state index contributed by atoms with van der Waals surface area (Å²) < 4.78 is 31.8. The van der Waals surface area contributed by atoms with Gasteiger partial charge >= 0.3 is 0 Å². The largest absolute Gasteiger partial charge is 0.495 e. The molecule has 0 aliphatic carbocycles. The van der Waals surface area contributed by atoms with Crippen molar-refractivity contribution in [3.05, 3.63) is 18.2 Å². The number of ether oxygens (including phenoxy) is 1. The highest BCUT2D eigenvalue weighted by atomic mass is 32.2. The highest BCUT2D eigenvalue weighted by Crippen LogP contribution is 2.30. The summed E-state index contributed by atoms with van der Waals surface area (Å²) in [5.41, 5.74) is 6.10. The van der Waals surface area contributed by atoms with E-state index in [1.807, 2.05) is 0 Å². The zero-order chi connectivity index (χ0) is 14.8. The first kappa shape index (κ1) is 15.1. The SMILES string of the molecule is COc1cc(N)ccc1S(=O)(=O)N1CCC(CO)CC1. The Morgan fingerprint density at radius 2 is 2.05 bits per heavy atom. The van der Waals surface area contributed by atoms with E-state index >= 15 is 0 Å². The third-order valence-electron chi connectivity index (χ3n) is 3.64. The molecule has 1 fully saturated rings. The monoisotopic (exact) mass is 300 g/mol. The molecule has 0 saturated carbocycles. The number of aliphatic hydroxyl groups excluding tert-OH is 1. The Morgan fingerprint density at radius 1 is 1.40 bits per heavy atom. The maximum atomic E-state index is 12.6. The second-order valence-corrected chi connectivity index (χ2v) is 6.85. The smallest absolute Gasteiger partial charge is 0.246 e. The van der Waals surface area contributed by atoms with Crippen molar-refractivity contribution in [3.8, 4) is 5.75 Å². The molecule has 1 saturated heterocycles. The average Bonchev–Trinajstić information content (AvgIpc) is 2.46. The molecule has 3 N–H and O–H groups in total. The van der Waals surface area contributed by atoms with Crippen molar-refractivity contribution in [3.63, 3.8) is 0 Å². The van der Waals surface area contributed by atoms with Crippen LogP contribution in [-0.4, -0.2) is 44.6 Å². The maximum Gasteiger partial charge on any atom is 0.246 e. The van der Waals surface area contributed by atoms with Crippen LogP contribution in [0.3, 0.4) is 0 Å². The molecule has 1 aliphatic rings. The van der Waals surface area contributed by atoms with Crippen LogP contribution in [0.5, 0.6) is 5.75 Å². The summed E-state index contributed by atoms with van der Waals surface area (Å²) in [4.78, 5) is 0.136. The van der Waals surface area contributed by atoms with Crippen LogP contribution in [0.15, 0.2) is 23.1 Å². The van der Waals surface area contributed by atoms with Gasteiger partial charge in [-0.05, 0) is 30.9 Å². The average molecular weight is 300 g/mol. The van der Waals surface area contributed by atoms with Crippen LogP contribution in [0, 0.1) is 5.92 Å². The Hall–Kier alpha value is -1.31. The van der Waals surface area contributed by atoms with Crippen LogP contribution >= 0.6 is 0 Å². The third kappa shape index (κ3) is 2.89. The van der Waals surface area contributed by atoms with E-state index < -0.39 is 10.0 Å². The van der Waals surface area contributed by atoms with Crippen molar-refractivity contribution < 1.29 is 18.3 Å². The molecule has 1 heterocycles. The number of methoxy groups -OCH3 is 1. The van der Waals surface area contributed by atoms with Crippen LogP contribution in [-0.2, 0) is 10.0 Å². The van der Waals surface area contributed by atoms with Crippen LogP contribution in [0.25, 0.3) is 0 Å². The molecule has 0 unspecified atom stereocenters. The molecule has 0 aromatic heterocycles. The summed E-state index contributed by atoms with van der Waals surface area (Å²) in [5, 5.41) is 9.11. The van der Waals surface area contributed by atoms with E-state index in [4.69, 9.17) is 15.6 Å². The standard InChI is InChI=1S/C13H20N2O4S/c1-19-12-8-11(14)2-3-13(12)20(17,18)15-6-4-10(9-16)5-7-15/h2-3,8,10,16H,4-7,9,14H2,1H3. The summed E-state index contributed by atoms with van der Waals surface area (Å²) >= 11 is 0. The second kappa shape index (κ2) is 5.99. The topological polar surface area (TPSA) is 92.9 Å². The Kier molecular flexibility index (Phi) is 4.52.